The number of H-pyrrole nitrogens is 1. The van der Waals surface area contributed by atoms with Crippen LogP contribution < -0.4 is 10.1 Å². The highest BCUT2D eigenvalue weighted by Gasteiger charge is 2.20. The highest BCUT2D eigenvalue weighted by atomic mass is 16.5. The first kappa shape index (κ1) is 21.2. The maximum atomic E-state index is 12.3. The maximum Gasteiger partial charge on any atom is 0.262 e. The van der Waals surface area contributed by atoms with Crippen molar-refractivity contribution < 1.29 is 9.53 Å². The minimum Gasteiger partial charge on any atom is -0.484 e. The lowest BCUT2D eigenvalue weighted by Gasteiger charge is -2.33. The first-order valence-corrected chi connectivity index (χ1v) is 11.2. The Bertz CT molecular complexity index is 1050. The molecule has 2 aromatic carbocycles. The van der Waals surface area contributed by atoms with Crippen molar-refractivity contribution in [3.63, 3.8) is 0 Å². The summed E-state index contributed by atoms with van der Waals surface area (Å²) in [5, 5.41) is 4.10. The SMILES string of the molecule is CCC(CC)N1CC=C(c2c[nH]c3ccc(NC(=O)COc4ccccc4)cc23)CC1. The smallest absolute Gasteiger partial charge is 0.262 e. The summed E-state index contributed by atoms with van der Waals surface area (Å²) >= 11 is 0. The molecule has 1 aromatic heterocycles. The number of para-hydroxylation sites is 1. The fraction of sp³-hybridized carbons (Fsp3) is 0.346. The van der Waals surface area contributed by atoms with Crippen LogP contribution in [0.2, 0.25) is 0 Å². The average Bonchev–Trinajstić information content (AvgIpc) is 3.23. The van der Waals surface area contributed by atoms with Gasteiger partial charge in [-0.2, -0.15) is 0 Å². The van der Waals surface area contributed by atoms with Gasteiger partial charge in [-0.25, -0.2) is 0 Å². The van der Waals surface area contributed by atoms with Crippen molar-refractivity contribution in [2.45, 2.75) is 39.2 Å². The number of nitrogens with one attached hydrogen (secondary N) is 2. The Morgan fingerprint density at radius 1 is 1.16 bits per heavy atom. The monoisotopic (exact) mass is 417 g/mol. The second-order valence-electron chi connectivity index (χ2n) is 8.06. The molecule has 1 amide bonds. The van der Waals surface area contributed by atoms with Gasteiger partial charge < -0.3 is 15.0 Å². The summed E-state index contributed by atoms with van der Waals surface area (Å²) in [4.78, 5) is 18.3. The van der Waals surface area contributed by atoms with Crippen LogP contribution in [0.3, 0.4) is 0 Å². The molecule has 2 heterocycles. The molecule has 31 heavy (non-hydrogen) atoms. The summed E-state index contributed by atoms with van der Waals surface area (Å²) in [6.45, 7) is 6.63. The first-order valence-electron chi connectivity index (χ1n) is 11.2. The van der Waals surface area contributed by atoms with Crippen LogP contribution in [0.5, 0.6) is 5.75 Å². The lowest BCUT2D eigenvalue weighted by molar-refractivity contribution is -0.118. The van der Waals surface area contributed by atoms with Crippen molar-refractivity contribution in [3.05, 3.63) is 66.4 Å². The number of fused-ring (bicyclic) bond motifs is 1. The van der Waals surface area contributed by atoms with Gasteiger partial charge in [-0.1, -0.05) is 38.1 Å². The largest absolute Gasteiger partial charge is 0.484 e. The van der Waals surface area contributed by atoms with E-state index in [1.165, 1.54) is 24.0 Å². The molecule has 0 fully saturated rings. The Morgan fingerprint density at radius 2 is 1.97 bits per heavy atom. The highest BCUT2D eigenvalue weighted by Crippen LogP contribution is 2.31. The number of benzene rings is 2. The number of hydrogen-bond acceptors (Lipinski definition) is 3. The molecule has 0 saturated heterocycles. The summed E-state index contributed by atoms with van der Waals surface area (Å²) in [5.41, 5.74) is 4.47. The lowest BCUT2D eigenvalue weighted by Crippen LogP contribution is -2.37. The van der Waals surface area contributed by atoms with E-state index in [0.717, 1.165) is 36.1 Å². The quantitative estimate of drug-likeness (QED) is 0.511. The van der Waals surface area contributed by atoms with Crippen molar-refractivity contribution in [2.75, 3.05) is 25.0 Å². The third-order valence-corrected chi connectivity index (χ3v) is 6.12. The van der Waals surface area contributed by atoms with Gasteiger partial charge in [0, 0.05) is 47.5 Å². The van der Waals surface area contributed by atoms with E-state index >= 15 is 0 Å². The van der Waals surface area contributed by atoms with E-state index in [1.54, 1.807) is 0 Å². The zero-order valence-corrected chi connectivity index (χ0v) is 18.4. The molecule has 2 N–H and O–H groups in total. The van der Waals surface area contributed by atoms with Crippen molar-refractivity contribution in [1.29, 1.82) is 0 Å². The molecule has 0 bridgehead atoms. The van der Waals surface area contributed by atoms with Gasteiger partial charge in [0.1, 0.15) is 5.75 Å². The molecule has 0 aliphatic carbocycles. The molecular formula is C26H31N3O2. The van der Waals surface area contributed by atoms with Crippen LogP contribution in [-0.2, 0) is 4.79 Å². The van der Waals surface area contributed by atoms with Gasteiger partial charge in [0.15, 0.2) is 6.61 Å². The van der Waals surface area contributed by atoms with E-state index in [0.29, 0.717) is 11.8 Å². The number of carbonyl (C=O) groups excluding carboxylic acids is 1. The predicted octanol–water partition coefficient (Wildman–Crippen LogP) is 5.46. The molecule has 3 aromatic rings. The second-order valence-corrected chi connectivity index (χ2v) is 8.06. The Labute approximate surface area is 184 Å². The van der Waals surface area contributed by atoms with Crippen LogP contribution in [0.15, 0.2) is 60.8 Å². The number of carbonyl (C=O) groups is 1. The Kier molecular flexibility index (Phi) is 6.73. The third kappa shape index (κ3) is 5.00. The molecule has 4 rings (SSSR count). The topological polar surface area (TPSA) is 57.4 Å². The van der Waals surface area contributed by atoms with Crippen molar-refractivity contribution in [3.8, 4) is 5.75 Å². The first-order chi connectivity index (χ1) is 15.2. The summed E-state index contributed by atoms with van der Waals surface area (Å²) in [6, 6.07) is 16.0. The zero-order valence-electron chi connectivity index (χ0n) is 18.4. The number of amides is 1. The summed E-state index contributed by atoms with van der Waals surface area (Å²) in [5.74, 6) is 0.519. The molecule has 0 spiro atoms. The van der Waals surface area contributed by atoms with E-state index in [4.69, 9.17) is 4.74 Å². The van der Waals surface area contributed by atoms with E-state index < -0.39 is 0 Å². The van der Waals surface area contributed by atoms with E-state index in [-0.39, 0.29) is 12.5 Å². The normalized spacial score (nSPS) is 14.6. The van der Waals surface area contributed by atoms with Gasteiger partial charge in [0.25, 0.3) is 5.91 Å². The Hall–Kier alpha value is -3.05. The third-order valence-electron chi connectivity index (χ3n) is 6.12. The number of aromatic nitrogens is 1. The van der Waals surface area contributed by atoms with Gasteiger partial charge >= 0.3 is 0 Å². The van der Waals surface area contributed by atoms with Crippen LogP contribution in [0.1, 0.15) is 38.7 Å². The van der Waals surface area contributed by atoms with E-state index in [9.17, 15) is 4.79 Å². The molecule has 0 saturated carbocycles. The minimum absolute atomic E-state index is 0.0148. The fourth-order valence-electron chi connectivity index (χ4n) is 4.39. The van der Waals surface area contributed by atoms with E-state index in [1.807, 2.05) is 42.5 Å². The molecule has 1 aliphatic heterocycles. The number of rotatable bonds is 8. The lowest BCUT2D eigenvalue weighted by atomic mass is 9.97. The number of ether oxygens (including phenoxy) is 1. The Morgan fingerprint density at radius 3 is 2.68 bits per heavy atom. The summed E-state index contributed by atoms with van der Waals surface area (Å²) in [6.07, 6.45) is 7.90. The van der Waals surface area contributed by atoms with Gasteiger partial charge in [0.2, 0.25) is 0 Å². The molecule has 0 radical (unpaired) electrons. The van der Waals surface area contributed by atoms with Crippen LogP contribution in [0.4, 0.5) is 5.69 Å². The standard InChI is InChI=1S/C26H31N3O2/c1-3-21(4-2)29-14-12-19(13-15-29)24-17-27-25-11-10-20(16-23(24)25)28-26(30)18-31-22-8-6-5-7-9-22/h5-12,16-17,21,27H,3-4,13-15,18H2,1-2H3,(H,28,30). The maximum absolute atomic E-state index is 12.3. The van der Waals surface area contributed by atoms with Gasteiger partial charge in [-0.3, -0.25) is 9.69 Å². The van der Waals surface area contributed by atoms with Gasteiger partial charge in [-0.15, -0.1) is 0 Å². The second kappa shape index (κ2) is 9.84. The number of aromatic amines is 1. The van der Waals surface area contributed by atoms with Gasteiger partial charge in [-0.05, 0) is 55.2 Å². The molecule has 0 atom stereocenters. The van der Waals surface area contributed by atoms with Crippen molar-refractivity contribution in [1.82, 2.24) is 9.88 Å². The Balaban J connectivity index is 1.45. The molecule has 5 nitrogen and oxygen atoms in total. The van der Waals surface area contributed by atoms with Gasteiger partial charge in [0.05, 0.1) is 0 Å². The van der Waals surface area contributed by atoms with Crippen LogP contribution in [-0.4, -0.2) is 41.5 Å². The molecule has 5 heteroatoms. The zero-order chi connectivity index (χ0) is 21.6. The van der Waals surface area contributed by atoms with Crippen LogP contribution in [0, 0.1) is 0 Å². The van der Waals surface area contributed by atoms with E-state index in [2.05, 4.69) is 47.4 Å². The number of anilines is 1. The average molecular weight is 418 g/mol. The minimum atomic E-state index is -0.169. The van der Waals surface area contributed by atoms with Crippen molar-refractivity contribution in [2.24, 2.45) is 0 Å². The fourth-order valence-corrected chi connectivity index (χ4v) is 4.39. The van der Waals surface area contributed by atoms with Crippen LogP contribution in [0.25, 0.3) is 16.5 Å². The number of hydrogen-bond donors (Lipinski definition) is 2. The number of nitrogens with zero attached hydrogens (tertiary/aromatic N) is 1. The molecule has 1 aliphatic rings. The molecule has 0 unspecified atom stereocenters. The summed E-state index contributed by atoms with van der Waals surface area (Å²) in [7, 11) is 0. The van der Waals surface area contributed by atoms with Crippen LogP contribution >= 0.6 is 0 Å². The summed E-state index contributed by atoms with van der Waals surface area (Å²) < 4.78 is 5.55. The van der Waals surface area contributed by atoms with Crippen molar-refractivity contribution >= 4 is 28.1 Å². The molecular weight excluding hydrogens is 386 g/mol. The predicted molar refractivity (Wildman–Crippen MR) is 127 cm³/mol. The highest BCUT2D eigenvalue weighted by molar-refractivity contribution is 5.98. The molecule has 162 valence electrons.